The van der Waals surface area contributed by atoms with Crippen molar-refractivity contribution in [1.82, 2.24) is 15.0 Å². The standard InChI is InChI=1S/C19H17F3N4OS/c1-2-26-16-10-6-5-9-15(16)24-18(26)28-12-17(27)25-23-11-13-7-3-4-8-14(13)19(20,21)22/h3-11H,2,12H2,1H3,(H,25,27)/b23-11+. The summed E-state index contributed by atoms with van der Waals surface area (Å²) < 4.78 is 40.8. The second-order valence-corrected chi connectivity index (χ2v) is 6.74. The van der Waals surface area contributed by atoms with Gasteiger partial charge in [0.2, 0.25) is 0 Å². The number of hydrazone groups is 1. The van der Waals surface area contributed by atoms with E-state index in [1.165, 1.54) is 30.0 Å². The second kappa shape index (κ2) is 8.47. The minimum atomic E-state index is -4.48. The summed E-state index contributed by atoms with van der Waals surface area (Å²) in [7, 11) is 0. The van der Waals surface area contributed by atoms with Crippen LogP contribution < -0.4 is 5.43 Å². The summed E-state index contributed by atoms with van der Waals surface area (Å²) in [6, 6.07) is 12.7. The van der Waals surface area contributed by atoms with E-state index in [0.29, 0.717) is 11.7 Å². The zero-order valence-electron chi connectivity index (χ0n) is 14.9. The molecule has 146 valence electrons. The fraction of sp³-hybridized carbons (Fsp3) is 0.211. The third kappa shape index (κ3) is 4.53. The van der Waals surface area contributed by atoms with Gasteiger partial charge in [-0.05, 0) is 25.1 Å². The minimum absolute atomic E-state index is 0.0432. The molecule has 3 aromatic rings. The molecule has 0 fully saturated rings. The summed E-state index contributed by atoms with van der Waals surface area (Å²) in [5.74, 6) is -0.387. The van der Waals surface area contributed by atoms with E-state index in [0.717, 1.165) is 23.3 Å². The van der Waals surface area contributed by atoms with Crippen LogP contribution in [0, 0.1) is 0 Å². The van der Waals surface area contributed by atoms with Gasteiger partial charge in [-0.15, -0.1) is 0 Å². The van der Waals surface area contributed by atoms with E-state index < -0.39 is 17.6 Å². The number of thioether (sulfide) groups is 1. The number of carbonyl (C=O) groups is 1. The lowest BCUT2D eigenvalue weighted by Gasteiger charge is -2.09. The highest BCUT2D eigenvalue weighted by Crippen LogP contribution is 2.31. The van der Waals surface area contributed by atoms with Gasteiger partial charge in [0.05, 0.1) is 28.6 Å². The Kier molecular flexibility index (Phi) is 6.03. The number of fused-ring (bicyclic) bond motifs is 1. The molecular weight excluding hydrogens is 389 g/mol. The van der Waals surface area contributed by atoms with Gasteiger partial charge in [-0.2, -0.15) is 18.3 Å². The lowest BCUT2D eigenvalue weighted by Crippen LogP contribution is -2.20. The van der Waals surface area contributed by atoms with Gasteiger partial charge in [0.25, 0.3) is 5.91 Å². The van der Waals surface area contributed by atoms with E-state index in [4.69, 9.17) is 0 Å². The quantitative estimate of drug-likeness (QED) is 0.377. The molecule has 1 amide bonds. The number of hydrogen-bond donors (Lipinski definition) is 1. The Morgan fingerprint density at radius 2 is 1.93 bits per heavy atom. The maximum Gasteiger partial charge on any atom is 0.417 e. The molecule has 0 aliphatic heterocycles. The molecule has 0 radical (unpaired) electrons. The molecular formula is C19H17F3N4OS. The zero-order valence-corrected chi connectivity index (χ0v) is 15.7. The number of amides is 1. The van der Waals surface area contributed by atoms with Crippen LogP contribution in [0.5, 0.6) is 0 Å². The molecule has 0 saturated heterocycles. The first-order chi connectivity index (χ1) is 13.4. The number of para-hydroxylation sites is 2. The van der Waals surface area contributed by atoms with Crippen LogP contribution in [0.2, 0.25) is 0 Å². The van der Waals surface area contributed by atoms with Crippen molar-refractivity contribution < 1.29 is 18.0 Å². The van der Waals surface area contributed by atoms with Crippen LogP contribution in [0.25, 0.3) is 11.0 Å². The van der Waals surface area contributed by atoms with Gasteiger partial charge in [-0.25, -0.2) is 10.4 Å². The van der Waals surface area contributed by atoms with E-state index in [9.17, 15) is 18.0 Å². The van der Waals surface area contributed by atoms with Crippen LogP contribution in [-0.2, 0) is 17.5 Å². The molecule has 0 aliphatic rings. The van der Waals surface area contributed by atoms with Crippen LogP contribution >= 0.6 is 11.8 Å². The summed E-state index contributed by atoms with van der Waals surface area (Å²) in [6.07, 6.45) is -3.49. The normalized spacial score (nSPS) is 12.0. The molecule has 1 aromatic heterocycles. The molecule has 2 aromatic carbocycles. The fourth-order valence-electron chi connectivity index (χ4n) is 2.67. The lowest BCUT2D eigenvalue weighted by molar-refractivity contribution is -0.137. The topological polar surface area (TPSA) is 59.3 Å². The van der Waals surface area contributed by atoms with Crippen LogP contribution in [0.15, 0.2) is 58.8 Å². The zero-order chi connectivity index (χ0) is 20.1. The van der Waals surface area contributed by atoms with Crippen LogP contribution in [0.1, 0.15) is 18.1 Å². The Bertz CT molecular complexity index is 1010. The van der Waals surface area contributed by atoms with Gasteiger partial charge in [-0.3, -0.25) is 4.79 Å². The number of aryl methyl sites for hydroxylation is 1. The van der Waals surface area contributed by atoms with E-state index in [2.05, 4.69) is 15.5 Å². The Morgan fingerprint density at radius 3 is 2.68 bits per heavy atom. The second-order valence-electron chi connectivity index (χ2n) is 5.79. The molecule has 5 nitrogen and oxygen atoms in total. The average molecular weight is 406 g/mol. The first kappa shape index (κ1) is 19.9. The van der Waals surface area contributed by atoms with Crippen molar-refractivity contribution in [3.05, 3.63) is 59.7 Å². The maximum absolute atomic E-state index is 12.9. The van der Waals surface area contributed by atoms with Crippen molar-refractivity contribution in [1.29, 1.82) is 0 Å². The number of aromatic nitrogens is 2. The summed E-state index contributed by atoms with van der Waals surface area (Å²) in [5.41, 5.74) is 3.16. The molecule has 0 atom stereocenters. The Hall–Kier alpha value is -2.81. The summed E-state index contributed by atoms with van der Waals surface area (Å²) in [5, 5.41) is 4.35. The highest BCUT2D eigenvalue weighted by atomic mass is 32.2. The van der Waals surface area contributed by atoms with Gasteiger partial charge < -0.3 is 4.57 Å². The predicted octanol–water partition coefficient (Wildman–Crippen LogP) is 4.32. The molecule has 0 aliphatic carbocycles. The number of imidazole rings is 1. The van der Waals surface area contributed by atoms with Crippen LogP contribution in [0.3, 0.4) is 0 Å². The molecule has 1 heterocycles. The Balaban J connectivity index is 1.62. The van der Waals surface area contributed by atoms with Gasteiger partial charge in [0, 0.05) is 12.1 Å². The highest BCUT2D eigenvalue weighted by molar-refractivity contribution is 7.99. The third-order valence-corrected chi connectivity index (χ3v) is 4.90. The Labute approximate surface area is 163 Å². The number of nitrogens with one attached hydrogen (secondary N) is 1. The molecule has 1 N–H and O–H groups in total. The number of rotatable bonds is 6. The molecule has 0 spiro atoms. The number of carbonyl (C=O) groups excluding carboxylic acids is 1. The maximum atomic E-state index is 12.9. The van der Waals surface area contributed by atoms with Gasteiger partial charge in [0.15, 0.2) is 5.16 Å². The number of nitrogens with zero attached hydrogens (tertiary/aromatic N) is 3. The fourth-order valence-corrected chi connectivity index (χ4v) is 3.54. The highest BCUT2D eigenvalue weighted by Gasteiger charge is 2.32. The van der Waals surface area contributed by atoms with Gasteiger partial charge in [0.1, 0.15) is 0 Å². The lowest BCUT2D eigenvalue weighted by atomic mass is 10.1. The number of benzene rings is 2. The van der Waals surface area contributed by atoms with E-state index in [1.807, 2.05) is 35.8 Å². The molecule has 9 heteroatoms. The first-order valence-corrected chi connectivity index (χ1v) is 9.45. The summed E-state index contributed by atoms with van der Waals surface area (Å²) >= 11 is 1.25. The molecule has 0 unspecified atom stereocenters. The number of halogens is 3. The molecule has 3 rings (SSSR count). The van der Waals surface area contributed by atoms with Crippen molar-refractivity contribution in [3.8, 4) is 0 Å². The van der Waals surface area contributed by atoms with Crippen LogP contribution in [-0.4, -0.2) is 27.4 Å². The van der Waals surface area contributed by atoms with Gasteiger partial charge >= 0.3 is 6.18 Å². The van der Waals surface area contributed by atoms with Crippen molar-refractivity contribution >= 4 is 34.9 Å². The summed E-state index contributed by atoms with van der Waals surface area (Å²) in [6.45, 7) is 2.69. The monoisotopic (exact) mass is 406 g/mol. The van der Waals surface area contributed by atoms with Crippen LogP contribution in [0.4, 0.5) is 13.2 Å². The van der Waals surface area contributed by atoms with Gasteiger partial charge in [-0.1, -0.05) is 42.1 Å². The van der Waals surface area contributed by atoms with Crippen molar-refractivity contribution in [2.45, 2.75) is 24.8 Å². The molecule has 0 bridgehead atoms. The van der Waals surface area contributed by atoms with E-state index in [-0.39, 0.29) is 11.3 Å². The molecule has 28 heavy (non-hydrogen) atoms. The average Bonchev–Trinajstić information content (AvgIpc) is 3.03. The van der Waals surface area contributed by atoms with Crippen molar-refractivity contribution in [2.24, 2.45) is 5.10 Å². The SMILES string of the molecule is CCn1c(SCC(=O)N/N=C/c2ccccc2C(F)(F)F)nc2ccccc21. The Morgan fingerprint density at radius 1 is 1.21 bits per heavy atom. The van der Waals surface area contributed by atoms with E-state index in [1.54, 1.807) is 0 Å². The summed E-state index contributed by atoms with van der Waals surface area (Å²) in [4.78, 5) is 16.5. The van der Waals surface area contributed by atoms with Crippen molar-refractivity contribution in [3.63, 3.8) is 0 Å². The molecule has 0 saturated carbocycles. The minimum Gasteiger partial charge on any atom is -0.319 e. The first-order valence-electron chi connectivity index (χ1n) is 8.46. The third-order valence-electron chi connectivity index (χ3n) is 3.93. The van der Waals surface area contributed by atoms with E-state index >= 15 is 0 Å². The largest absolute Gasteiger partial charge is 0.417 e. The number of alkyl halides is 3. The smallest absolute Gasteiger partial charge is 0.319 e. The van der Waals surface area contributed by atoms with Crippen molar-refractivity contribution in [2.75, 3.05) is 5.75 Å². The predicted molar refractivity (Wildman–Crippen MR) is 103 cm³/mol. The number of hydrogen-bond acceptors (Lipinski definition) is 4.